The van der Waals surface area contributed by atoms with Gasteiger partial charge in [-0.25, -0.2) is 0 Å². The molecule has 2 aromatic rings. The molecule has 5 heteroatoms. The van der Waals surface area contributed by atoms with Crippen LogP contribution in [0.25, 0.3) is 0 Å². The summed E-state index contributed by atoms with van der Waals surface area (Å²) >= 11 is 9.89. The van der Waals surface area contributed by atoms with Gasteiger partial charge in [-0.05, 0) is 38.0 Å². The van der Waals surface area contributed by atoms with E-state index in [2.05, 4.69) is 71.4 Å². The number of aryl methyl sites for hydroxylation is 2. The second-order valence-electron chi connectivity index (χ2n) is 5.03. The maximum absolute atomic E-state index is 6.43. The van der Waals surface area contributed by atoms with Crippen LogP contribution in [0.5, 0.6) is 0 Å². The first kappa shape index (κ1) is 16.5. The standard InChI is InChI=1S/C16H21BrClN3/c1-4-14-16(18)15(21(5-2)20-14)10-19-11(3)12-6-8-13(17)9-7-12/h6-9,11,19H,4-5,10H2,1-3H3/t11-/m0/s1. The molecule has 0 aliphatic heterocycles. The highest BCUT2D eigenvalue weighted by Gasteiger charge is 2.15. The Morgan fingerprint density at radius 2 is 1.95 bits per heavy atom. The second kappa shape index (κ2) is 7.43. The van der Waals surface area contributed by atoms with E-state index in [0.717, 1.165) is 40.4 Å². The van der Waals surface area contributed by atoms with E-state index < -0.39 is 0 Å². The predicted molar refractivity (Wildman–Crippen MR) is 91.7 cm³/mol. The summed E-state index contributed by atoms with van der Waals surface area (Å²) in [7, 11) is 0. The zero-order valence-corrected chi connectivity index (χ0v) is 15.0. The van der Waals surface area contributed by atoms with Gasteiger partial charge in [-0.15, -0.1) is 0 Å². The number of hydrogen-bond acceptors (Lipinski definition) is 2. The monoisotopic (exact) mass is 369 g/mol. The Morgan fingerprint density at radius 3 is 2.52 bits per heavy atom. The minimum Gasteiger partial charge on any atom is -0.305 e. The van der Waals surface area contributed by atoms with Crippen LogP contribution in [-0.4, -0.2) is 9.78 Å². The van der Waals surface area contributed by atoms with Crippen LogP contribution >= 0.6 is 27.5 Å². The van der Waals surface area contributed by atoms with Crippen LogP contribution in [-0.2, 0) is 19.5 Å². The number of rotatable bonds is 6. The molecule has 0 amide bonds. The Hall–Kier alpha value is -0.840. The smallest absolute Gasteiger partial charge is 0.0863 e. The summed E-state index contributed by atoms with van der Waals surface area (Å²) in [5.74, 6) is 0. The topological polar surface area (TPSA) is 29.9 Å². The highest BCUT2D eigenvalue weighted by atomic mass is 79.9. The third kappa shape index (κ3) is 3.87. The Kier molecular flexibility index (Phi) is 5.85. The first-order valence-electron chi connectivity index (χ1n) is 7.29. The van der Waals surface area contributed by atoms with E-state index in [0.29, 0.717) is 0 Å². The van der Waals surface area contributed by atoms with Gasteiger partial charge in [-0.2, -0.15) is 5.10 Å². The minimum absolute atomic E-state index is 0.263. The van der Waals surface area contributed by atoms with Crippen molar-refractivity contribution < 1.29 is 0 Å². The Morgan fingerprint density at radius 1 is 1.29 bits per heavy atom. The van der Waals surface area contributed by atoms with Crippen LogP contribution in [0.3, 0.4) is 0 Å². The number of benzene rings is 1. The maximum Gasteiger partial charge on any atom is 0.0863 e. The number of hydrogen-bond donors (Lipinski definition) is 1. The molecular weight excluding hydrogens is 350 g/mol. The molecule has 21 heavy (non-hydrogen) atoms. The summed E-state index contributed by atoms with van der Waals surface area (Å²) in [5, 5.41) is 8.88. The van der Waals surface area contributed by atoms with E-state index in [1.54, 1.807) is 0 Å². The summed E-state index contributed by atoms with van der Waals surface area (Å²) in [6.07, 6.45) is 0.862. The van der Waals surface area contributed by atoms with E-state index in [4.69, 9.17) is 11.6 Å². The van der Waals surface area contributed by atoms with Crippen molar-refractivity contribution in [3.8, 4) is 0 Å². The highest BCUT2D eigenvalue weighted by molar-refractivity contribution is 9.10. The van der Waals surface area contributed by atoms with Gasteiger partial charge < -0.3 is 5.32 Å². The maximum atomic E-state index is 6.43. The van der Waals surface area contributed by atoms with Gasteiger partial charge in [0.2, 0.25) is 0 Å². The highest BCUT2D eigenvalue weighted by Crippen LogP contribution is 2.23. The van der Waals surface area contributed by atoms with Crippen molar-refractivity contribution in [2.24, 2.45) is 0 Å². The molecule has 1 aromatic carbocycles. The molecule has 0 bridgehead atoms. The fourth-order valence-corrected chi connectivity index (χ4v) is 2.91. The molecule has 0 spiro atoms. The molecule has 0 saturated heterocycles. The van der Waals surface area contributed by atoms with Crippen molar-refractivity contribution in [3.05, 3.63) is 50.7 Å². The third-order valence-corrected chi connectivity index (χ3v) is 4.60. The van der Waals surface area contributed by atoms with Gasteiger partial charge >= 0.3 is 0 Å². The third-order valence-electron chi connectivity index (χ3n) is 3.64. The van der Waals surface area contributed by atoms with Gasteiger partial charge in [0.05, 0.1) is 16.4 Å². The van der Waals surface area contributed by atoms with Crippen molar-refractivity contribution >= 4 is 27.5 Å². The molecule has 1 heterocycles. The summed E-state index contributed by atoms with van der Waals surface area (Å²) in [6.45, 7) is 7.88. The quantitative estimate of drug-likeness (QED) is 0.796. The van der Waals surface area contributed by atoms with E-state index >= 15 is 0 Å². The fourth-order valence-electron chi connectivity index (χ4n) is 2.31. The van der Waals surface area contributed by atoms with Gasteiger partial charge in [0, 0.05) is 23.6 Å². The van der Waals surface area contributed by atoms with Gasteiger partial charge in [0.15, 0.2) is 0 Å². The molecule has 2 rings (SSSR count). The average molecular weight is 371 g/mol. The van der Waals surface area contributed by atoms with E-state index in [1.165, 1.54) is 5.56 Å². The molecule has 0 unspecified atom stereocenters. The van der Waals surface area contributed by atoms with Crippen molar-refractivity contribution in [1.29, 1.82) is 0 Å². The van der Waals surface area contributed by atoms with Crippen LogP contribution in [0.15, 0.2) is 28.7 Å². The fraction of sp³-hybridized carbons (Fsp3) is 0.438. The zero-order valence-electron chi connectivity index (χ0n) is 12.7. The van der Waals surface area contributed by atoms with Crippen molar-refractivity contribution in [2.75, 3.05) is 0 Å². The molecule has 114 valence electrons. The van der Waals surface area contributed by atoms with Crippen LogP contribution in [0.2, 0.25) is 5.02 Å². The van der Waals surface area contributed by atoms with Gasteiger partial charge in [-0.1, -0.05) is 46.6 Å². The number of nitrogens with one attached hydrogen (secondary N) is 1. The first-order chi connectivity index (χ1) is 10.1. The summed E-state index contributed by atoms with van der Waals surface area (Å²) in [4.78, 5) is 0. The largest absolute Gasteiger partial charge is 0.305 e. The van der Waals surface area contributed by atoms with Gasteiger partial charge in [-0.3, -0.25) is 4.68 Å². The van der Waals surface area contributed by atoms with Gasteiger partial charge in [0.25, 0.3) is 0 Å². The van der Waals surface area contributed by atoms with Crippen LogP contribution in [0.4, 0.5) is 0 Å². The molecule has 0 fully saturated rings. The van der Waals surface area contributed by atoms with E-state index in [1.807, 2.05) is 4.68 Å². The van der Waals surface area contributed by atoms with E-state index in [-0.39, 0.29) is 6.04 Å². The SMILES string of the molecule is CCc1nn(CC)c(CN[C@@H](C)c2ccc(Br)cc2)c1Cl. The number of nitrogens with zero attached hydrogens (tertiary/aromatic N) is 2. The predicted octanol–water partition coefficient (Wildman–Crippen LogP) is 4.73. The number of halogens is 2. The first-order valence-corrected chi connectivity index (χ1v) is 8.46. The van der Waals surface area contributed by atoms with E-state index in [9.17, 15) is 0 Å². The van der Waals surface area contributed by atoms with Crippen molar-refractivity contribution in [3.63, 3.8) is 0 Å². The van der Waals surface area contributed by atoms with Crippen LogP contribution in [0.1, 0.15) is 43.8 Å². The zero-order chi connectivity index (χ0) is 15.4. The minimum atomic E-state index is 0.263. The molecule has 1 N–H and O–H groups in total. The Balaban J connectivity index is 2.09. The lowest BCUT2D eigenvalue weighted by Gasteiger charge is -2.15. The number of aromatic nitrogens is 2. The van der Waals surface area contributed by atoms with Crippen LogP contribution < -0.4 is 5.32 Å². The van der Waals surface area contributed by atoms with Crippen molar-refractivity contribution in [2.45, 2.75) is 46.3 Å². The summed E-state index contributed by atoms with van der Waals surface area (Å²) < 4.78 is 3.08. The average Bonchev–Trinajstić information content (AvgIpc) is 2.81. The van der Waals surface area contributed by atoms with Gasteiger partial charge in [0.1, 0.15) is 0 Å². The lowest BCUT2D eigenvalue weighted by Crippen LogP contribution is -2.20. The summed E-state index contributed by atoms with van der Waals surface area (Å²) in [6, 6.07) is 8.63. The molecule has 0 saturated carbocycles. The molecule has 0 radical (unpaired) electrons. The Labute approximate surface area is 139 Å². The Bertz CT molecular complexity index is 592. The molecular formula is C16H21BrClN3. The van der Waals surface area contributed by atoms with Crippen LogP contribution in [0, 0.1) is 0 Å². The lowest BCUT2D eigenvalue weighted by molar-refractivity contribution is 0.530. The van der Waals surface area contributed by atoms with Crippen molar-refractivity contribution in [1.82, 2.24) is 15.1 Å². The molecule has 1 aromatic heterocycles. The summed E-state index contributed by atoms with van der Waals surface area (Å²) in [5.41, 5.74) is 3.30. The lowest BCUT2D eigenvalue weighted by atomic mass is 10.1. The second-order valence-corrected chi connectivity index (χ2v) is 6.32. The molecule has 1 atom stereocenters. The molecule has 0 aliphatic carbocycles. The normalized spacial score (nSPS) is 12.6. The molecule has 0 aliphatic rings. The molecule has 3 nitrogen and oxygen atoms in total.